The molecule has 1 aromatic carbocycles. The third-order valence-corrected chi connectivity index (χ3v) is 5.23. The molecule has 0 radical (unpaired) electrons. The van der Waals surface area contributed by atoms with Gasteiger partial charge in [-0.15, -0.1) is 0 Å². The Morgan fingerprint density at radius 2 is 2.29 bits per heavy atom. The fourth-order valence-electron chi connectivity index (χ4n) is 3.79. The van der Waals surface area contributed by atoms with Gasteiger partial charge in [0.15, 0.2) is 0 Å². The second-order valence-corrected chi connectivity index (χ2v) is 7.00. The molecule has 3 aromatic rings. The highest BCUT2D eigenvalue weighted by Gasteiger charge is 2.42. The fourth-order valence-corrected chi connectivity index (χ4v) is 3.79. The Morgan fingerprint density at radius 3 is 3.07 bits per heavy atom. The quantitative estimate of drug-likeness (QED) is 0.682. The first-order chi connectivity index (χ1) is 13.7. The van der Waals surface area contributed by atoms with Gasteiger partial charge >= 0.3 is 0 Å². The number of hydrogen-bond acceptors (Lipinski definition) is 6. The van der Waals surface area contributed by atoms with E-state index < -0.39 is 5.82 Å². The zero-order valence-corrected chi connectivity index (χ0v) is 15.4. The molecule has 9 heteroatoms. The van der Waals surface area contributed by atoms with Crippen LogP contribution in [0.2, 0.25) is 0 Å². The van der Waals surface area contributed by atoms with Crippen LogP contribution in [0.1, 0.15) is 47.7 Å². The van der Waals surface area contributed by atoms with Crippen LogP contribution in [0, 0.1) is 5.82 Å². The van der Waals surface area contributed by atoms with Crippen molar-refractivity contribution in [2.45, 2.75) is 32.4 Å². The molecule has 0 bridgehead atoms. The SMILES string of the molecule is CCCNCc1nc(-c2ncn3c2[C@@H]2CCN2C(=O)c2cc(F)ccc2-3)no1. The van der Waals surface area contributed by atoms with Crippen molar-refractivity contribution in [3.63, 3.8) is 0 Å². The number of carbonyl (C=O) groups excluding carboxylic acids is 1. The summed E-state index contributed by atoms with van der Waals surface area (Å²) in [6.45, 7) is 4.07. The van der Waals surface area contributed by atoms with Crippen molar-refractivity contribution in [2.24, 2.45) is 0 Å². The summed E-state index contributed by atoms with van der Waals surface area (Å²) in [4.78, 5) is 23.6. The highest BCUT2D eigenvalue weighted by molar-refractivity contribution is 5.99. The minimum absolute atomic E-state index is 0.138. The van der Waals surface area contributed by atoms with E-state index in [1.807, 2.05) is 4.57 Å². The number of halogens is 1. The lowest BCUT2D eigenvalue weighted by Crippen LogP contribution is -2.44. The number of nitrogens with zero attached hydrogens (tertiary/aromatic N) is 5. The predicted molar refractivity (Wildman–Crippen MR) is 97.2 cm³/mol. The predicted octanol–water partition coefficient (Wildman–Crippen LogP) is 2.46. The lowest BCUT2D eigenvalue weighted by molar-refractivity contribution is 0.0461. The highest BCUT2D eigenvalue weighted by atomic mass is 19.1. The molecule has 28 heavy (non-hydrogen) atoms. The van der Waals surface area contributed by atoms with Gasteiger partial charge in [0.2, 0.25) is 11.7 Å². The van der Waals surface area contributed by atoms with Gasteiger partial charge in [-0.3, -0.25) is 9.36 Å². The molecule has 4 heterocycles. The zero-order valence-electron chi connectivity index (χ0n) is 15.4. The summed E-state index contributed by atoms with van der Waals surface area (Å²) in [5.74, 6) is 0.281. The Morgan fingerprint density at radius 1 is 1.39 bits per heavy atom. The molecule has 0 saturated carbocycles. The molecule has 1 fully saturated rings. The third kappa shape index (κ3) is 2.54. The number of benzene rings is 1. The highest BCUT2D eigenvalue weighted by Crippen LogP contribution is 2.43. The summed E-state index contributed by atoms with van der Waals surface area (Å²) in [5.41, 5.74) is 2.37. The number of aromatic nitrogens is 4. The molecular formula is C19H19FN6O2. The normalized spacial score (nSPS) is 17.6. The van der Waals surface area contributed by atoms with Gasteiger partial charge in [-0.25, -0.2) is 9.37 Å². The molecule has 144 valence electrons. The molecule has 8 nitrogen and oxygen atoms in total. The largest absolute Gasteiger partial charge is 0.337 e. The average Bonchev–Trinajstić information content (AvgIpc) is 3.27. The number of amides is 1. The van der Waals surface area contributed by atoms with Crippen LogP contribution >= 0.6 is 0 Å². The van der Waals surface area contributed by atoms with E-state index in [9.17, 15) is 9.18 Å². The Labute approximate surface area is 160 Å². The second-order valence-electron chi connectivity index (χ2n) is 7.00. The van der Waals surface area contributed by atoms with Gasteiger partial charge < -0.3 is 14.7 Å². The first-order valence-electron chi connectivity index (χ1n) is 9.39. The summed E-state index contributed by atoms with van der Waals surface area (Å²) >= 11 is 0. The molecule has 1 amide bonds. The summed E-state index contributed by atoms with van der Waals surface area (Å²) in [7, 11) is 0. The van der Waals surface area contributed by atoms with Gasteiger partial charge in [-0.2, -0.15) is 4.98 Å². The molecule has 0 unspecified atom stereocenters. The molecule has 0 spiro atoms. The van der Waals surface area contributed by atoms with Crippen molar-refractivity contribution < 1.29 is 13.7 Å². The third-order valence-electron chi connectivity index (χ3n) is 5.23. The number of rotatable bonds is 5. The van der Waals surface area contributed by atoms with E-state index in [4.69, 9.17) is 4.52 Å². The van der Waals surface area contributed by atoms with Gasteiger partial charge in [-0.1, -0.05) is 12.1 Å². The maximum absolute atomic E-state index is 13.8. The molecule has 2 aromatic heterocycles. The first kappa shape index (κ1) is 17.1. The monoisotopic (exact) mass is 382 g/mol. The molecular weight excluding hydrogens is 363 g/mol. The molecule has 5 rings (SSSR count). The standard InChI is InChI=1S/C19H19FN6O2/c1-2-6-21-9-15-23-18(24-28-15)16-17-14-5-7-25(14)19(27)12-8-11(20)3-4-13(12)26(17)10-22-16/h3-4,8,10,14,21H,2,5-7,9H2,1H3/t14-/m0/s1. The summed E-state index contributed by atoms with van der Waals surface area (Å²) < 4.78 is 21.0. The molecule has 2 aliphatic rings. The first-order valence-corrected chi connectivity index (χ1v) is 9.39. The van der Waals surface area contributed by atoms with Gasteiger partial charge in [0.05, 0.1) is 29.5 Å². The Balaban J connectivity index is 1.58. The number of nitrogens with one attached hydrogen (secondary N) is 1. The number of hydrogen-bond donors (Lipinski definition) is 1. The number of imidazole rings is 1. The van der Waals surface area contributed by atoms with Crippen LogP contribution in [0.25, 0.3) is 17.2 Å². The second kappa shape index (κ2) is 6.52. The van der Waals surface area contributed by atoms with Gasteiger partial charge in [0.25, 0.3) is 5.91 Å². The molecule has 1 saturated heterocycles. The zero-order chi connectivity index (χ0) is 19.3. The van der Waals surface area contributed by atoms with Crippen molar-refractivity contribution in [3.05, 3.63) is 47.5 Å². The van der Waals surface area contributed by atoms with E-state index in [2.05, 4.69) is 27.4 Å². The van der Waals surface area contributed by atoms with E-state index >= 15 is 0 Å². The minimum Gasteiger partial charge on any atom is -0.337 e. The van der Waals surface area contributed by atoms with Crippen LogP contribution in [0.15, 0.2) is 29.0 Å². The molecule has 1 atom stereocenters. The van der Waals surface area contributed by atoms with Crippen LogP contribution in [-0.2, 0) is 6.54 Å². The molecule has 0 aliphatic carbocycles. The molecule has 1 N–H and O–H groups in total. The smallest absolute Gasteiger partial charge is 0.256 e. The maximum atomic E-state index is 13.8. The Bertz CT molecular complexity index is 1060. The van der Waals surface area contributed by atoms with Crippen molar-refractivity contribution in [2.75, 3.05) is 13.1 Å². The summed E-state index contributed by atoms with van der Waals surface area (Å²) in [6, 6.07) is 4.11. The van der Waals surface area contributed by atoms with Crippen LogP contribution in [0.4, 0.5) is 4.39 Å². The Hall–Kier alpha value is -3.07. The van der Waals surface area contributed by atoms with Gasteiger partial charge in [-0.05, 0) is 37.6 Å². The van der Waals surface area contributed by atoms with Crippen molar-refractivity contribution in [1.29, 1.82) is 0 Å². The van der Waals surface area contributed by atoms with E-state index in [-0.39, 0.29) is 11.9 Å². The lowest BCUT2D eigenvalue weighted by atomic mass is 9.97. The number of fused-ring (bicyclic) bond motifs is 5. The van der Waals surface area contributed by atoms with E-state index in [0.717, 1.165) is 25.1 Å². The van der Waals surface area contributed by atoms with E-state index in [1.54, 1.807) is 17.3 Å². The lowest BCUT2D eigenvalue weighted by Gasteiger charge is -2.39. The van der Waals surface area contributed by atoms with Gasteiger partial charge in [0, 0.05) is 6.54 Å². The van der Waals surface area contributed by atoms with Crippen LogP contribution in [0.5, 0.6) is 0 Å². The maximum Gasteiger partial charge on any atom is 0.256 e. The fraction of sp³-hybridized carbons (Fsp3) is 0.368. The average molecular weight is 382 g/mol. The minimum atomic E-state index is -0.435. The van der Waals surface area contributed by atoms with Crippen molar-refractivity contribution in [1.82, 2.24) is 29.9 Å². The van der Waals surface area contributed by atoms with Gasteiger partial charge in [0.1, 0.15) is 17.8 Å². The summed E-state index contributed by atoms with van der Waals surface area (Å²) in [5, 5.41) is 7.31. The Kier molecular flexibility index (Phi) is 3.97. The van der Waals surface area contributed by atoms with E-state index in [0.29, 0.717) is 41.7 Å². The van der Waals surface area contributed by atoms with Crippen LogP contribution in [0.3, 0.4) is 0 Å². The van der Waals surface area contributed by atoms with Crippen molar-refractivity contribution >= 4 is 5.91 Å². The van der Waals surface area contributed by atoms with Crippen molar-refractivity contribution in [3.8, 4) is 17.2 Å². The number of carbonyl (C=O) groups is 1. The van der Waals surface area contributed by atoms with Crippen LogP contribution < -0.4 is 5.32 Å². The molecule has 2 aliphatic heterocycles. The summed E-state index contributed by atoms with van der Waals surface area (Å²) in [6.07, 6.45) is 3.46. The topological polar surface area (TPSA) is 89.1 Å². The van der Waals surface area contributed by atoms with Crippen LogP contribution in [-0.4, -0.2) is 43.6 Å². The van der Waals surface area contributed by atoms with E-state index in [1.165, 1.54) is 12.1 Å².